The van der Waals surface area contributed by atoms with Gasteiger partial charge in [-0.15, -0.1) is 11.3 Å². The van der Waals surface area contributed by atoms with Crippen molar-refractivity contribution in [2.45, 2.75) is 12.7 Å². The Bertz CT molecular complexity index is 1150. The fourth-order valence-corrected chi connectivity index (χ4v) is 4.20. The van der Waals surface area contributed by atoms with E-state index in [-0.39, 0.29) is 11.2 Å². The van der Waals surface area contributed by atoms with E-state index in [0.29, 0.717) is 49.4 Å². The van der Waals surface area contributed by atoms with Crippen molar-refractivity contribution in [1.29, 1.82) is 0 Å². The van der Waals surface area contributed by atoms with Crippen molar-refractivity contribution >= 4 is 27.7 Å². The highest BCUT2D eigenvalue weighted by Gasteiger charge is 2.34. The molecule has 0 spiro atoms. The molecule has 1 aliphatic rings. The number of nitrogens with zero attached hydrogens (tertiary/aromatic N) is 5. The van der Waals surface area contributed by atoms with Crippen molar-refractivity contribution in [3.63, 3.8) is 0 Å². The first-order valence-corrected chi connectivity index (χ1v) is 9.89. The molecule has 1 aliphatic heterocycles. The molecule has 1 saturated heterocycles. The topological polar surface area (TPSA) is 84.0 Å². The predicted octanol–water partition coefficient (Wildman–Crippen LogP) is 3.01. The van der Waals surface area contributed by atoms with E-state index in [0.717, 1.165) is 12.1 Å². The number of aromatic nitrogens is 2. The third-order valence-corrected chi connectivity index (χ3v) is 5.71. The third-order valence-electron chi connectivity index (χ3n) is 4.95. The van der Waals surface area contributed by atoms with Gasteiger partial charge in [0.05, 0.1) is 16.2 Å². The Hall–Kier alpha value is -2.99. The molecule has 0 atom stereocenters. The lowest BCUT2D eigenvalue weighted by Crippen LogP contribution is -2.46. The van der Waals surface area contributed by atoms with Crippen molar-refractivity contribution in [1.82, 2.24) is 14.3 Å². The number of hydrogen-bond acceptors (Lipinski definition) is 7. The molecule has 158 valence electrons. The molecule has 0 saturated carbocycles. The van der Waals surface area contributed by atoms with Gasteiger partial charge in [0.25, 0.3) is 11.2 Å². The van der Waals surface area contributed by atoms with Gasteiger partial charge in [0.2, 0.25) is 0 Å². The average molecular weight is 439 g/mol. The summed E-state index contributed by atoms with van der Waals surface area (Å²) in [5.74, 6) is 0. The van der Waals surface area contributed by atoms with E-state index in [2.05, 4.69) is 9.88 Å². The van der Waals surface area contributed by atoms with Crippen molar-refractivity contribution in [2.24, 2.45) is 0 Å². The number of hydrogen-bond donors (Lipinski definition) is 0. The second-order valence-electron chi connectivity index (χ2n) is 6.86. The van der Waals surface area contributed by atoms with Gasteiger partial charge in [0.1, 0.15) is 5.69 Å². The lowest BCUT2D eigenvalue weighted by molar-refractivity contribution is -0.384. The van der Waals surface area contributed by atoms with E-state index in [1.807, 2.05) is 0 Å². The number of piperazine rings is 1. The summed E-state index contributed by atoms with van der Waals surface area (Å²) in [7, 11) is 0. The molecule has 0 N–H and O–H groups in total. The van der Waals surface area contributed by atoms with Gasteiger partial charge in [0.15, 0.2) is 4.96 Å². The normalized spacial score (nSPS) is 15.6. The van der Waals surface area contributed by atoms with Crippen LogP contribution in [0.5, 0.6) is 0 Å². The molecule has 1 aromatic carbocycles. The number of nitro groups is 1. The van der Waals surface area contributed by atoms with Crippen molar-refractivity contribution in [2.75, 3.05) is 31.1 Å². The maximum atomic E-state index is 12.9. The van der Waals surface area contributed by atoms with Crippen LogP contribution >= 0.6 is 11.3 Å². The summed E-state index contributed by atoms with van der Waals surface area (Å²) < 4.78 is 40.2. The molecule has 3 aromatic rings. The molecule has 0 amide bonds. The van der Waals surface area contributed by atoms with Crippen LogP contribution in [0.4, 0.5) is 24.5 Å². The minimum absolute atomic E-state index is 0.157. The standard InChI is InChI=1S/C18H16F3N5O3S/c19-18(20,21)12-1-2-14(15(9-12)26(28)29)24-5-3-23(4-6-24)11-13-10-16(27)25-7-8-30-17(25)22-13/h1-2,7-10H,3-6,11H2. The number of rotatable bonds is 4. The zero-order chi connectivity index (χ0) is 21.5. The summed E-state index contributed by atoms with van der Waals surface area (Å²) in [5, 5.41) is 13.1. The van der Waals surface area contributed by atoms with E-state index in [1.165, 1.54) is 21.8 Å². The first-order valence-electron chi connectivity index (χ1n) is 9.01. The second kappa shape index (κ2) is 7.69. The monoisotopic (exact) mass is 439 g/mol. The number of alkyl halides is 3. The largest absolute Gasteiger partial charge is 0.416 e. The highest BCUT2D eigenvalue weighted by Crippen LogP contribution is 2.36. The van der Waals surface area contributed by atoms with Crippen LogP contribution in [0.1, 0.15) is 11.3 Å². The molecule has 0 bridgehead atoms. The Morgan fingerprint density at radius 2 is 1.90 bits per heavy atom. The number of benzene rings is 1. The average Bonchev–Trinajstić information content (AvgIpc) is 3.16. The van der Waals surface area contributed by atoms with Crippen LogP contribution in [-0.2, 0) is 12.7 Å². The van der Waals surface area contributed by atoms with Crippen molar-refractivity contribution in [3.8, 4) is 0 Å². The van der Waals surface area contributed by atoms with Gasteiger partial charge in [-0.05, 0) is 12.1 Å². The summed E-state index contributed by atoms with van der Waals surface area (Å²) in [6.45, 7) is 2.33. The Kier molecular flexibility index (Phi) is 5.20. The maximum absolute atomic E-state index is 12.9. The smallest absolute Gasteiger partial charge is 0.363 e. The number of fused-ring (bicyclic) bond motifs is 1. The van der Waals surface area contributed by atoms with Crippen LogP contribution in [0, 0.1) is 10.1 Å². The Labute approximate surface area is 171 Å². The first-order chi connectivity index (χ1) is 14.2. The molecule has 1 fully saturated rings. The van der Waals surface area contributed by atoms with Crippen molar-refractivity contribution < 1.29 is 18.1 Å². The lowest BCUT2D eigenvalue weighted by atomic mass is 10.1. The second-order valence-corrected chi connectivity index (χ2v) is 7.74. The molecule has 0 radical (unpaired) electrons. The van der Waals surface area contributed by atoms with Crippen LogP contribution < -0.4 is 10.5 Å². The quantitative estimate of drug-likeness (QED) is 0.459. The Balaban J connectivity index is 1.47. The number of thiazole rings is 1. The molecule has 2 aromatic heterocycles. The molecule has 0 aliphatic carbocycles. The van der Waals surface area contributed by atoms with E-state index in [4.69, 9.17) is 0 Å². The van der Waals surface area contributed by atoms with Gasteiger partial charge in [-0.2, -0.15) is 13.2 Å². The summed E-state index contributed by atoms with van der Waals surface area (Å²) in [6, 6.07) is 4.08. The van der Waals surface area contributed by atoms with E-state index in [1.54, 1.807) is 16.5 Å². The molecule has 12 heteroatoms. The predicted molar refractivity (Wildman–Crippen MR) is 105 cm³/mol. The molecule has 4 rings (SSSR count). The van der Waals surface area contributed by atoms with Gasteiger partial charge in [-0.25, -0.2) is 4.98 Å². The molecular formula is C18H16F3N5O3S. The number of nitro benzene ring substituents is 1. The Morgan fingerprint density at radius 3 is 2.57 bits per heavy atom. The number of anilines is 1. The summed E-state index contributed by atoms with van der Waals surface area (Å²) in [4.78, 5) is 31.5. The van der Waals surface area contributed by atoms with Crippen LogP contribution in [0.25, 0.3) is 4.96 Å². The third kappa shape index (κ3) is 4.00. The summed E-state index contributed by atoms with van der Waals surface area (Å²) in [6.07, 6.45) is -2.98. The van der Waals surface area contributed by atoms with Gasteiger partial charge in [-0.1, -0.05) is 0 Å². The minimum Gasteiger partial charge on any atom is -0.363 e. The van der Waals surface area contributed by atoms with Gasteiger partial charge < -0.3 is 4.90 Å². The fourth-order valence-electron chi connectivity index (χ4n) is 3.46. The molecular weight excluding hydrogens is 423 g/mol. The lowest BCUT2D eigenvalue weighted by Gasteiger charge is -2.35. The van der Waals surface area contributed by atoms with Crippen LogP contribution in [0.3, 0.4) is 0 Å². The highest BCUT2D eigenvalue weighted by atomic mass is 32.1. The van der Waals surface area contributed by atoms with Crippen LogP contribution in [-0.4, -0.2) is 45.4 Å². The maximum Gasteiger partial charge on any atom is 0.416 e. The molecule has 8 nitrogen and oxygen atoms in total. The first kappa shape index (κ1) is 20.3. The number of halogens is 3. The zero-order valence-electron chi connectivity index (χ0n) is 15.5. The van der Waals surface area contributed by atoms with Crippen LogP contribution in [0.15, 0.2) is 40.6 Å². The zero-order valence-corrected chi connectivity index (χ0v) is 16.3. The summed E-state index contributed by atoms with van der Waals surface area (Å²) >= 11 is 1.36. The molecule has 30 heavy (non-hydrogen) atoms. The SMILES string of the molecule is O=c1cc(CN2CCN(c3ccc(C(F)(F)F)cc3[N+](=O)[O-])CC2)nc2sccn12. The van der Waals surface area contributed by atoms with E-state index < -0.39 is 22.4 Å². The van der Waals surface area contributed by atoms with Crippen LogP contribution in [0.2, 0.25) is 0 Å². The van der Waals surface area contributed by atoms with E-state index >= 15 is 0 Å². The van der Waals surface area contributed by atoms with Crippen molar-refractivity contribution in [3.05, 3.63) is 67.6 Å². The Morgan fingerprint density at radius 1 is 1.17 bits per heavy atom. The highest BCUT2D eigenvalue weighted by molar-refractivity contribution is 7.15. The molecule has 3 heterocycles. The van der Waals surface area contributed by atoms with Gasteiger partial charge in [0, 0.05) is 56.4 Å². The van der Waals surface area contributed by atoms with Gasteiger partial charge >= 0.3 is 6.18 Å². The van der Waals surface area contributed by atoms with E-state index in [9.17, 15) is 28.1 Å². The van der Waals surface area contributed by atoms with Gasteiger partial charge in [-0.3, -0.25) is 24.2 Å². The minimum atomic E-state index is -4.64. The fraction of sp³-hybridized carbons (Fsp3) is 0.333. The summed E-state index contributed by atoms with van der Waals surface area (Å²) in [5.41, 5.74) is -0.954. The molecule has 0 unspecified atom stereocenters.